The first-order valence-electron chi connectivity index (χ1n) is 5.47. The van der Waals surface area contributed by atoms with Crippen LogP contribution >= 0.6 is 0 Å². The van der Waals surface area contributed by atoms with Gasteiger partial charge in [0.25, 0.3) is 0 Å². The summed E-state index contributed by atoms with van der Waals surface area (Å²) in [7, 11) is 1.54. The number of nitrogens with one attached hydrogen (secondary N) is 1. The number of rotatable bonds is 5. The third-order valence-electron chi connectivity index (χ3n) is 2.17. The van der Waals surface area contributed by atoms with Crippen LogP contribution in [-0.4, -0.2) is 26.3 Å². The predicted molar refractivity (Wildman–Crippen MR) is 65.4 cm³/mol. The molecule has 0 fully saturated rings. The molecule has 1 aromatic rings. The maximum Gasteiger partial charge on any atom is 0.412 e. The highest BCUT2D eigenvalue weighted by Crippen LogP contribution is 2.27. The Bertz CT molecular complexity index is 380. The van der Waals surface area contributed by atoms with E-state index in [9.17, 15) is 4.79 Å². The molecule has 0 heterocycles. The molecule has 0 aliphatic heterocycles. The summed E-state index contributed by atoms with van der Waals surface area (Å²) in [6.07, 6.45) is 0.223. The minimum Gasteiger partial charge on any atom is -0.493 e. The molecule has 0 aliphatic rings. The van der Waals surface area contributed by atoms with Crippen LogP contribution in [0, 0.1) is 6.92 Å². The second-order valence-electron chi connectivity index (χ2n) is 3.61. The summed E-state index contributed by atoms with van der Waals surface area (Å²) in [6.45, 7) is 2.98. The van der Waals surface area contributed by atoms with Gasteiger partial charge in [0.05, 0.1) is 7.11 Å². The van der Waals surface area contributed by atoms with Crippen molar-refractivity contribution in [2.45, 2.75) is 13.3 Å². The monoisotopic (exact) mass is 238 g/mol. The van der Waals surface area contributed by atoms with Crippen molar-refractivity contribution in [2.24, 2.45) is 5.73 Å². The molecular formula is C12H18N2O3. The molecule has 0 saturated heterocycles. The Morgan fingerprint density at radius 2 is 2.18 bits per heavy atom. The van der Waals surface area contributed by atoms with E-state index < -0.39 is 6.09 Å². The molecule has 0 unspecified atom stereocenters. The van der Waals surface area contributed by atoms with Gasteiger partial charge in [-0.05, 0) is 37.6 Å². The first-order chi connectivity index (χ1) is 8.17. The molecule has 1 rings (SSSR count). The lowest BCUT2D eigenvalue weighted by Crippen LogP contribution is -2.29. The Kier molecular flexibility index (Phi) is 5.29. The lowest BCUT2D eigenvalue weighted by molar-refractivity contribution is 0.198. The molecule has 0 atom stereocenters. The Balaban J connectivity index is 2.58. The SMILES string of the molecule is COc1cc(C)ccc1OC(=O)NCCCN. The van der Waals surface area contributed by atoms with Crippen molar-refractivity contribution in [1.29, 1.82) is 0 Å². The van der Waals surface area contributed by atoms with Gasteiger partial charge in [-0.2, -0.15) is 0 Å². The van der Waals surface area contributed by atoms with Crippen LogP contribution < -0.4 is 20.5 Å². The molecule has 94 valence electrons. The smallest absolute Gasteiger partial charge is 0.412 e. The zero-order valence-corrected chi connectivity index (χ0v) is 10.2. The molecule has 0 aliphatic carbocycles. The van der Waals surface area contributed by atoms with E-state index in [1.165, 1.54) is 7.11 Å². The van der Waals surface area contributed by atoms with E-state index in [4.69, 9.17) is 15.2 Å². The Morgan fingerprint density at radius 3 is 2.82 bits per heavy atom. The predicted octanol–water partition coefficient (Wildman–Crippen LogP) is 1.44. The fourth-order valence-corrected chi connectivity index (χ4v) is 1.29. The van der Waals surface area contributed by atoms with Crippen molar-refractivity contribution in [3.8, 4) is 11.5 Å². The normalized spacial score (nSPS) is 9.82. The molecule has 3 N–H and O–H groups in total. The molecule has 1 aromatic carbocycles. The Hall–Kier alpha value is -1.75. The number of benzene rings is 1. The number of amides is 1. The highest BCUT2D eigenvalue weighted by molar-refractivity contribution is 5.71. The minimum absolute atomic E-state index is 0.406. The molecule has 0 bridgehead atoms. The second kappa shape index (κ2) is 6.75. The number of hydrogen-bond acceptors (Lipinski definition) is 4. The average molecular weight is 238 g/mol. The van der Waals surface area contributed by atoms with Crippen LogP contribution in [0.25, 0.3) is 0 Å². The Morgan fingerprint density at radius 1 is 1.41 bits per heavy atom. The van der Waals surface area contributed by atoms with Crippen molar-refractivity contribution in [2.75, 3.05) is 20.2 Å². The lowest BCUT2D eigenvalue weighted by atomic mass is 10.2. The van der Waals surface area contributed by atoms with Crippen molar-refractivity contribution in [1.82, 2.24) is 5.32 Å². The van der Waals surface area contributed by atoms with E-state index in [0.29, 0.717) is 24.6 Å². The lowest BCUT2D eigenvalue weighted by Gasteiger charge is -2.10. The van der Waals surface area contributed by atoms with Crippen molar-refractivity contribution in [3.63, 3.8) is 0 Å². The molecule has 0 spiro atoms. The van der Waals surface area contributed by atoms with Crippen molar-refractivity contribution >= 4 is 6.09 Å². The summed E-state index contributed by atoms with van der Waals surface area (Å²) in [5.41, 5.74) is 6.36. The van der Waals surface area contributed by atoms with Crippen molar-refractivity contribution < 1.29 is 14.3 Å². The summed E-state index contributed by atoms with van der Waals surface area (Å²) < 4.78 is 10.2. The summed E-state index contributed by atoms with van der Waals surface area (Å²) in [6, 6.07) is 5.37. The first kappa shape index (κ1) is 13.3. The fraction of sp³-hybridized carbons (Fsp3) is 0.417. The summed E-state index contributed by atoms with van der Waals surface area (Å²) in [5.74, 6) is 0.947. The van der Waals surface area contributed by atoms with Crippen LogP contribution in [-0.2, 0) is 0 Å². The van der Waals surface area contributed by atoms with Crippen LogP contribution in [0.3, 0.4) is 0 Å². The molecular weight excluding hydrogens is 220 g/mol. The molecule has 17 heavy (non-hydrogen) atoms. The van der Waals surface area contributed by atoms with Crippen LogP contribution in [0.4, 0.5) is 4.79 Å². The van der Waals surface area contributed by atoms with Gasteiger partial charge >= 0.3 is 6.09 Å². The quantitative estimate of drug-likeness (QED) is 0.761. The highest BCUT2D eigenvalue weighted by Gasteiger charge is 2.09. The first-order valence-corrected chi connectivity index (χ1v) is 5.47. The van der Waals surface area contributed by atoms with E-state index in [-0.39, 0.29) is 0 Å². The summed E-state index contributed by atoms with van der Waals surface area (Å²) >= 11 is 0. The average Bonchev–Trinajstić information content (AvgIpc) is 2.32. The van der Waals surface area contributed by atoms with Gasteiger partial charge in [0.1, 0.15) is 0 Å². The number of aryl methyl sites for hydroxylation is 1. The molecule has 0 saturated carbocycles. The maximum absolute atomic E-state index is 11.4. The number of hydrogen-bond donors (Lipinski definition) is 2. The number of ether oxygens (including phenoxy) is 2. The maximum atomic E-state index is 11.4. The van der Waals surface area contributed by atoms with Crippen molar-refractivity contribution in [3.05, 3.63) is 23.8 Å². The van der Waals surface area contributed by atoms with E-state index in [1.54, 1.807) is 6.07 Å². The molecule has 5 heteroatoms. The van der Waals surface area contributed by atoms with Gasteiger partial charge < -0.3 is 20.5 Å². The van der Waals surface area contributed by atoms with E-state index in [1.807, 2.05) is 19.1 Å². The van der Waals surface area contributed by atoms with Gasteiger partial charge in [0.2, 0.25) is 0 Å². The van der Waals surface area contributed by atoms with Gasteiger partial charge in [0.15, 0.2) is 11.5 Å². The van der Waals surface area contributed by atoms with Crippen LogP contribution in [0.5, 0.6) is 11.5 Å². The molecule has 5 nitrogen and oxygen atoms in total. The third-order valence-corrected chi connectivity index (χ3v) is 2.17. The standard InChI is InChI=1S/C12H18N2O3/c1-9-4-5-10(11(8-9)16-2)17-12(15)14-7-3-6-13/h4-5,8H,3,6-7,13H2,1-2H3,(H,14,15). The summed E-state index contributed by atoms with van der Waals surface area (Å²) in [4.78, 5) is 11.4. The molecule has 0 radical (unpaired) electrons. The Labute approximate surface area is 101 Å². The second-order valence-corrected chi connectivity index (χ2v) is 3.61. The molecule has 1 amide bonds. The largest absolute Gasteiger partial charge is 0.493 e. The third kappa shape index (κ3) is 4.32. The fourth-order valence-electron chi connectivity index (χ4n) is 1.29. The number of carbonyl (C=O) groups excluding carboxylic acids is 1. The summed E-state index contributed by atoms with van der Waals surface area (Å²) in [5, 5.41) is 2.60. The van der Waals surface area contributed by atoms with E-state index in [0.717, 1.165) is 12.0 Å². The number of methoxy groups -OCH3 is 1. The zero-order chi connectivity index (χ0) is 12.7. The van der Waals surface area contributed by atoms with Crippen LogP contribution in [0.15, 0.2) is 18.2 Å². The number of nitrogens with two attached hydrogens (primary N) is 1. The van der Waals surface area contributed by atoms with Gasteiger partial charge in [-0.1, -0.05) is 6.07 Å². The van der Waals surface area contributed by atoms with Crippen LogP contribution in [0.1, 0.15) is 12.0 Å². The molecule has 0 aromatic heterocycles. The van der Waals surface area contributed by atoms with Gasteiger partial charge in [-0.25, -0.2) is 4.79 Å². The van der Waals surface area contributed by atoms with E-state index in [2.05, 4.69) is 5.32 Å². The number of carbonyl (C=O) groups is 1. The van der Waals surface area contributed by atoms with E-state index >= 15 is 0 Å². The van der Waals surface area contributed by atoms with Gasteiger partial charge in [0, 0.05) is 6.54 Å². The zero-order valence-electron chi connectivity index (χ0n) is 10.2. The minimum atomic E-state index is -0.499. The van der Waals surface area contributed by atoms with Gasteiger partial charge in [-0.15, -0.1) is 0 Å². The van der Waals surface area contributed by atoms with Crippen LogP contribution in [0.2, 0.25) is 0 Å². The highest BCUT2D eigenvalue weighted by atomic mass is 16.6. The van der Waals surface area contributed by atoms with Gasteiger partial charge in [-0.3, -0.25) is 0 Å². The topological polar surface area (TPSA) is 73.6 Å².